The summed E-state index contributed by atoms with van der Waals surface area (Å²) in [6, 6.07) is 14.1. The molecule has 0 aliphatic heterocycles. The van der Waals surface area contributed by atoms with E-state index in [2.05, 4.69) is 52.7 Å². The lowest BCUT2D eigenvalue weighted by Crippen LogP contribution is -2.36. The number of guanidine groups is 1. The van der Waals surface area contributed by atoms with Crippen molar-refractivity contribution in [2.45, 2.75) is 20.0 Å². The molecule has 0 fully saturated rings. The molecule has 5 nitrogen and oxygen atoms in total. The van der Waals surface area contributed by atoms with Crippen molar-refractivity contribution in [1.29, 1.82) is 0 Å². The van der Waals surface area contributed by atoms with Crippen LogP contribution in [0.1, 0.15) is 16.7 Å². The summed E-state index contributed by atoms with van der Waals surface area (Å²) in [5.41, 5.74) is 3.49. The average molecular weight is 351 g/mol. The highest BCUT2D eigenvalue weighted by Crippen LogP contribution is 2.27. The average Bonchev–Trinajstić information content (AvgIpc) is 2.66. The van der Waals surface area contributed by atoms with Crippen molar-refractivity contribution in [1.82, 2.24) is 10.6 Å². The maximum atomic E-state index is 5.53. The molecule has 136 valence electrons. The number of nitrogens with one attached hydrogen (secondary N) is 2. The van der Waals surface area contributed by atoms with Gasteiger partial charge in [0.05, 0.1) is 7.11 Å². The highest BCUT2D eigenvalue weighted by Gasteiger charge is 2.06. The smallest absolute Gasteiger partial charge is 0.191 e. The van der Waals surface area contributed by atoms with E-state index in [-0.39, 0.29) is 6.61 Å². The molecule has 0 heterocycles. The summed E-state index contributed by atoms with van der Waals surface area (Å²) in [6.45, 7) is 3.59. The van der Waals surface area contributed by atoms with Gasteiger partial charge in [-0.25, -0.2) is 0 Å². The lowest BCUT2D eigenvalue weighted by molar-refractivity contribution is 0.330. The SMILES string of the molecule is C#CCOc1cc(CNC(=NC)NCc2cccc(C)c2)ccc1OC. The second kappa shape index (κ2) is 10.00. The summed E-state index contributed by atoms with van der Waals surface area (Å²) in [5.74, 6) is 4.48. The molecule has 0 aliphatic carbocycles. The predicted octanol–water partition coefficient (Wildman–Crippen LogP) is 2.88. The molecule has 26 heavy (non-hydrogen) atoms. The fraction of sp³-hybridized carbons (Fsp3) is 0.286. The van der Waals surface area contributed by atoms with Crippen LogP contribution < -0.4 is 20.1 Å². The third-order valence-electron chi connectivity index (χ3n) is 3.77. The van der Waals surface area contributed by atoms with Gasteiger partial charge in [-0.05, 0) is 30.2 Å². The highest BCUT2D eigenvalue weighted by atomic mass is 16.5. The van der Waals surface area contributed by atoms with Gasteiger partial charge in [-0.1, -0.05) is 41.8 Å². The van der Waals surface area contributed by atoms with E-state index in [1.807, 2.05) is 18.2 Å². The van der Waals surface area contributed by atoms with Crippen molar-refractivity contribution >= 4 is 5.96 Å². The van der Waals surface area contributed by atoms with E-state index in [1.54, 1.807) is 14.2 Å². The summed E-state index contributed by atoms with van der Waals surface area (Å²) in [4.78, 5) is 4.26. The maximum Gasteiger partial charge on any atom is 0.191 e. The number of hydrogen-bond donors (Lipinski definition) is 2. The molecule has 0 atom stereocenters. The van der Waals surface area contributed by atoms with Gasteiger partial charge in [0.1, 0.15) is 6.61 Å². The molecule has 5 heteroatoms. The molecule has 0 radical (unpaired) electrons. The molecule has 2 aromatic rings. The first-order chi connectivity index (χ1) is 12.7. The van der Waals surface area contributed by atoms with Gasteiger partial charge in [0, 0.05) is 20.1 Å². The minimum Gasteiger partial charge on any atom is -0.493 e. The predicted molar refractivity (Wildman–Crippen MR) is 106 cm³/mol. The Morgan fingerprint density at radius 3 is 2.42 bits per heavy atom. The Bertz CT molecular complexity index is 794. The van der Waals surface area contributed by atoms with E-state index < -0.39 is 0 Å². The van der Waals surface area contributed by atoms with Crippen LogP contribution in [0.2, 0.25) is 0 Å². The van der Waals surface area contributed by atoms with Crippen molar-refractivity contribution in [3.8, 4) is 23.8 Å². The molecular weight excluding hydrogens is 326 g/mol. The fourth-order valence-electron chi connectivity index (χ4n) is 2.48. The number of hydrogen-bond acceptors (Lipinski definition) is 3. The summed E-state index contributed by atoms with van der Waals surface area (Å²) in [5, 5.41) is 6.60. The molecule has 0 aliphatic rings. The molecular formula is C21H25N3O2. The number of benzene rings is 2. The number of rotatable bonds is 7. The normalized spacial score (nSPS) is 10.8. The standard InChI is InChI=1S/C21H25N3O2/c1-5-11-26-20-13-18(9-10-19(20)25-4)15-24-21(22-3)23-14-17-8-6-7-16(2)12-17/h1,6-10,12-13H,11,14-15H2,2-4H3,(H2,22,23,24). The topological polar surface area (TPSA) is 54.9 Å². The van der Waals surface area contributed by atoms with E-state index in [0.717, 1.165) is 11.5 Å². The number of ether oxygens (including phenoxy) is 2. The van der Waals surface area contributed by atoms with Gasteiger partial charge in [-0.15, -0.1) is 6.42 Å². The summed E-state index contributed by atoms with van der Waals surface area (Å²) < 4.78 is 10.8. The van der Waals surface area contributed by atoms with E-state index >= 15 is 0 Å². The molecule has 0 saturated carbocycles. The fourth-order valence-corrected chi connectivity index (χ4v) is 2.48. The highest BCUT2D eigenvalue weighted by molar-refractivity contribution is 5.79. The number of terminal acetylenes is 1. The van der Waals surface area contributed by atoms with Gasteiger partial charge >= 0.3 is 0 Å². The van der Waals surface area contributed by atoms with Crippen LogP contribution in [-0.4, -0.2) is 26.7 Å². The quantitative estimate of drug-likeness (QED) is 0.458. The number of nitrogens with zero attached hydrogens (tertiary/aromatic N) is 1. The van der Waals surface area contributed by atoms with Crippen molar-refractivity contribution in [3.63, 3.8) is 0 Å². The molecule has 0 saturated heterocycles. The Labute approximate surface area is 155 Å². The van der Waals surface area contributed by atoms with Crippen molar-refractivity contribution in [2.24, 2.45) is 4.99 Å². The largest absolute Gasteiger partial charge is 0.493 e. The zero-order chi connectivity index (χ0) is 18.8. The Morgan fingerprint density at radius 2 is 1.81 bits per heavy atom. The summed E-state index contributed by atoms with van der Waals surface area (Å²) in [6.07, 6.45) is 5.26. The molecule has 2 rings (SSSR count). The zero-order valence-electron chi connectivity index (χ0n) is 15.5. The number of aliphatic imine (C=N–C) groups is 1. The van der Waals surface area contributed by atoms with E-state index in [4.69, 9.17) is 15.9 Å². The van der Waals surface area contributed by atoms with Crippen molar-refractivity contribution in [3.05, 3.63) is 59.2 Å². The van der Waals surface area contributed by atoms with Gasteiger partial charge in [0.15, 0.2) is 17.5 Å². The lowest BCUT2D eigenvalue weighted by atomic mass is 10.1. The van der Waals surface area contributed by atoms with E-state index in [1.165, 1.54) is 11.1 Å². The first kappa shape index (κ1) is 19.2. The lowest BCUT2D eigenvalue weighted by Gasteiger charge is -2.14. The van der Waals surface area contributed by atoms with Crippen LogP contribution in [0.15, 0.2) is 47.5 Å². The molecule has 0 bridgehead atoms. The third kappa shape index (κ3) is 5.75. The third-order valence-corrected chi connectivity index (χ3v) is 3.77. The van der Waals surface area contributed by atoms with Gasteiger partial charge in [-0.2, -0.15) is 0 Å². The van der Waals surface area contributed by atoms with Crippen LogP contribution in [0, 0.1) is 19.3 Å². The van der Waals surface area contributed by atoms with E-state index in [9.17, 15) is 0 Å². The molecule has 0 unspecified atom stereocenters. The van der Waals surface area contributed by atoms with Gasteiger partial charge in [0.25, 0.3) is 0 Å². The monoisotopic (exact) mass is 351 g/mol. The van der Waals surface area contributed by atoms with Crippen LogP contribution in [0.25, 0.3) is 0 Å². The first-order valence-electron chi connectivity index (χ1n) is 8.39. The molecule has 0 aromatic heterocycles. The summed E-state index contributed by atoms with van der Waals surface area (Å²) >= 11 is 0. The Morgan fingerprint density at radius 1 is 1.08 bits per heavy atom. The van der Waals surface area contributed by atoms with Crippen LogP contribution in [0.5, 0.6) is 11.5 Å². The second-order valence-electron chi connectivity index (χ2n) is 5.75. The Hall–Kier alpha value is -3.13. The molecule has 2 aromatic carbocycles. The van der Waals surface area contributed by atoms with Crippen LogP contribution in [0.4, 0.5) is 0 Å². The first-order valence-corrected chi connectivity index (χ1v) is 8.39. The van der Waals surface area contributed by atoms with Gasteiger partial charge in [0.2, 0.25) is 0 Å². The minimum atomic E-state index is 0.201. The zero-order valence-corrected chi connectivity index (χ0v) is 15.5. The maximum absolute atomic E-state index is 5.53. The molecule has 0 amide bonds. The van der Waals surface area contributed by atoms with Crippen molar-refractivity contribution in [2.75, 3.05) is 20.8 Å². The van der Waals surface area contributed by atoms with Crippen LogP contribution in [-0.2, 0) is 13.1 Å². The minimum absolute atomic E-state index is 0.201. The number of aryl methyl sites for hydroxylation is 1. The van der Waals surface area contributed by atoms with Crippen LogP contribution in [0.3, 0.4) is 0 Å². The summed E-state index contributed by atoms with van der Waals surface area (Å²) in [7, 11) is 3.36. The second-order valence-corrected chi connectivity index (χ2v) is 5.75. The Balaban J connectivity index is 1.94. The molecule has 0 spiro atoms. The molecule has 2 N–H and O–H groups in total. The van der Waals surface area contributed by atoms with Gasteiger partial charge < -0.3 is 20.1 Å². The Kier molecular flexibility index (Phi) is 7.38. The van der Waals surface area contributed by atoms with Crippen LogP contribution >= 0.6 is 0 Å². The van der Waals surface area contributed by atoms with Gasteiger partial charge in [-0.3, -0.25) is 4.99 Å². The van der Waals surface area contributed by atoms with Crippen molar-refractivity contribution < 1.29 is 9.47 Å². The number of methoxy groups -OCH3 is 1. The van der Waals surface area contributed by atoms with E-state index in [0.29, 0.717) is 24.6 Å².